The van der Waals surface area contributed by atoms with Crippen LogP contribution in [0.3, 0.4) is 0 Å². The molecule has 84 valence electrons. The van der Waals surface area contributed by atoms with Crippen LogP contribution in [0.4, 0.5) is 0 Å². The molecule has 1 aliphatic rings. The molecule has 4 heteroatoms. The largest absolute Gasteiger partial charge is 0.306 e. The van der Waals surface area contributed by atoms with Crippen LogP contribution in [0.1, 0.15) is 16.6 Å². The lowest BCUT2D eigenvalue weighted by Crippen LogP contribution is -2.30. The standard InChI is InChI=1S/C12H14N2S2/c1-8-2-3-11-9(6-8)14-12(16-11)10-7-15-5-4-13-10/h2-3,6,10,13H,4-5,7H2,1H3. The number of nitrogens with one attached hydrogen (secondary N) is 1. The first-order chi connectivity index (χ1) is 7.83. The number of hydrogen-bond donors (Lipinski definition) is 1. The maximum absolute atomic E-state index is 4.74. The van der Waals surface area contributed by atoms with Gasteiger partial charge in [-0.1, -0.05) is 6.07 Å². The van der Waals surface area contributed by atoms with Gasteiger partial charge in [0.15, 0.2) is 0 Å². The molecular formula is C12H14N2S2. The van der Waals surface area contributed by atoms with E-state index in [1.54, 1.807) is 0 Å². The lowest BCUT2D eigenvalue weighted by Gasteiger charge is -2.20. The molecule has 1 N–H and O–H groups in total. The highest BCUT2D eigenvalue weighted by Gasteiger charge is 2.18. The molecule has 1 atom stereocenters. The molecule has 0 aliphatic carbocycles. The van der Waals surface area contributed by atoms with E-state index in [4.69, 9.17) is 4.98 Å². The van der Waals surface area contributed by atoms with Crippen molar-refractivity contribution < 1.29 is 0 Å². The van der Waals surface area contributed by atoms with E-state index in [1.807, 2.05) is 23.1 Å². The summed E-state index contributed by atoms with van der Waals surface area (Å²) in [5.74, 6) is 2.37. The van der Waals surface area contributed by atoms with Crippen LogP contribution in [0.15, 0.2) is 18.2 Å². The van der Waals surface area contributed by atoms with Gasteiger partial charge in [0.25, 0.3) is 0 Å². The van der Waals surface area contributed by atoms with Crippen LogP contribution in [-0.4, -0.2) is 23.0 Å². The Balaban J connectivity index is 1.97. The fraction of sp³-hybridized carbons (Fsp3) is 0.417. The highest BCUT2D eigenvalue weighted by molar-refractivity contribution is 7.99. The third-order valence-corrected chi connectivity index (χ3v) is 4.99. The van der Waals surface area contributed by atoms with E-state index in [0.717, 1.165) is 17.8 Å². The third kappa shape index (κ3) is 1.97. The molecule has 2 nitrogen and oxygen atoms in total. The van der Waals surface area contributed by atoms with E-state index in [1.165, 1.54) is 21.0 Å². The Kier molecular flexibility index (Phi) is 2.88. The van der Waals surface area contributed by atoms with Crippen LogP contribution in [0.5, 0.6) is 0 Å². The Morgan fingerprint density at radius 3 is 3.19 bits per heavy atom. The predicted octanol–water partition coefficient (Wildman–Crippen LogP) is 2.98. The maximum atomic E-state index is 4.74. The zero-order valence-electron chi connectivity index (χ0n) is 9.19. The summed E-state index contributed by atoms with van der Waals surface area (Å²) >= 11 is 3.84. The van der Waals surface area contributed by atoms with E-state index in [9.17, 15) is 0 Å². The van der Waals surface area contributed by atoms with Gasteiger partial charge in [0, 0.05) is 18.1 Å². The van der Waals surface area contributed by atoms with Crippen molar-refractivity contribution in [3.05, 3.63) is 28.8 Å². The van der Waals surface area contributed by atoms with E-state index in [2.05, 4.69) is 30.4 Å². The first kappa shape index (κ1) is 10.6. The molecule has 0 spiro atoms. The molecule has 2 heterocycles. The van der Waals surface area contributed by atoms with Gasteiger partial charge in [-0.3, -0.25) is 0 Å². The molecule has 0 radical (unpaired) electrons. The fourth-order valence-corrected chi connectivity index (χ4v) is 4.00. The SMILES string of the molecule is Cc1ccc2sc(C3CSCCN3)nc2c1. The summed E-state index contributed by atoms with van der Waals surface area (Å²) in [5, 5.41) is 4.78. The number of thioether (sulfide) groups is 1. The summed E-state index contributed by atoms with van der Waals surface area (Å²) in [6.45, 7) is 3.22. The van der Waals surface area contributed by atoms with E-state index >= 15 is 0 Å². The molecule has 16 heavy (non-hydrogen) atoms. The van der Waals surface area contributed by atoms with E-state index in [-0.39, 0.29) is 0 Å². The molecule has 1 saturated heterocycles. The number of nitrogens with zero attached hydrogens (tertiary/aromatic N) is 1. The monoisotopic (exact) mass is 250 g/mol. The van der Waals surface area contributed by atoms with Crippen LogP contribution in [0.25, 0.3) is 10.2 Å². The second-order valence-corrected chi connectivity index (χ2v) is 6.32. The predicted molar refractivity (Wildman–Crippen MR) is 72.4 cm³/mol. The number of thiazole rings is 1. The van der Waals surface area contributed by atoms with Crippen LogP contribution in [-0.2, 0) is 0 Å². The average molecular weight is 250 g/mol. The van der Waals surface area contributed by atoms with Crippen molar-refractivity contribution in [2.24, 2.45) is 0 Å². The molecule has 2 aromatic rings. The van der Waals surface area contributed by atoms with E-state index in [0.29, 0.717) is 6.04 Å². The van der Waals surface area contributed by atoms with Gasteiger partial charge in [-0.2, -0.15) is 11.8 Å². The molecule has 0 bridgehead atoms. The summed E-state index contributed by atoms with van der Waals surface area (Å²) in [6.07, 6.45) is 0. The van der Waals surface area contributed by atoms with Crippen molar-refractivity contribution in [3.8, 4) is 0 Å². The van der Waals surface area contributed by atoms with Crippen molar-refractivity contribution in [1.82, 2.24) is 10.3 Å². The highest BCUT2D eigenvalue weighted by Crippen LogP contribution is 2.30. The number of aryl methyl sites for hydroxylation is 1. The first-order valence-corrected chi connectivity index (χ1v) is 7.48. The Labute approximate surface area is 103 Å². The lowest BCUT2D eigenvalue weighted by molar-refractivity contribution is 0.593. The molecular weight excluding hydrogens is 236 g/mol. The Morgan fingerprint density at radius 2 is 2.38 bits per heavy atom. The minimum atomic E-state index is 0.455. The molecule has 1 unspecified atom stereocenters. The van der Waals surface area contributed by atoms with Gasteiger partial charge >= 0.3 is 0 Å². The average Bonchev–Trinajstić information content (AvgIpc) is 2.73. The smallest absolute Gasteiger partial charge is 0.112 e. The van der Waals surface area contributed by atoms with Crippen molar-refractivity contribution in [3.63, 3.8) is 0 Å². The van der Waals surface area contributed by atoms with Gasteiger partial charge in [-0.15, -0.1) is 11.3 Å². The van der Waals surface area contributed by atoms with E-state index < -0.39 is 0 Å². The topological polar surface area (TPSA) is 24.9 Å². The fourth-order valence-electron chi connectivity index (χ4n) is 1.93. The quantitative estimate of drug-likeness (QED) is 0.842. The molecule has 3 rings (SSSR count). The molecule has 0 saturated carbocycles. The van der Waals surface area contributed by atoms with Gasteiger partial charge in [0.1, 0.15) is 5.01 Å². The van der Waals surface area contributed by atoms with Crippen molar-refractivity contribution in [1.29, 1.82) is 0 Å². The van der Waals surface area contributed by atoms with Crippen molar-refractivity contribution in [2.45, 2.75) is 13.0 Å². The molecule has 1 aromatic heterocycles. The van der Waals surface area contributed by atoms with Gasteiger partial charge in [0.2, 0.25) is 0 Å². The summed E-state index contributed by atoms with van der Waals surface area (Å²) in [5.41, 5.74) is 2.44. The normalized spacial score (nSPS) is 21.4. The van der Waals surface area contributed by atoms with Crippen molar-refractivity contribution >= 4 is 33.3 Å². The van der Waals surface area contributed by atoms with Crippen LogP contribution in [0, 0.1) is 6.92 Å². The van der Waals surface area contributed by atoms with Crippen LogP contribution >= 0.6 is 23.1 Å². The van der Waals surface area contributed by atoms with Gasteiger partial charge < -0.3 is 5.32 Å². The molecule has 0 amide bonds. The Morgan fingerprint density at radius 1 is 1.44 bits per heavy atom. The van der Waals surface area contributed by atoms with Crippen LogP contribution < -0.4 is 5.32 Å². The number of rotatable bonds is 1. The summed E-state index contributed by atoms with van der Waals surface area (Å²) in [4.78, 5) is 4.74. The minimum Gasteiger partial charge on any atom is -0.306 e. The molecule has 1 aromatic carbocycles. The highest BCUT2D eigenvalue weighted by atomic mass is 32.2. The van der Waals surface area contributed by atoms with Gasteiger partial charge in [0.05, 0.1) is 16.3 Å². The zero-order valence-corrected chi connectivity index (χ0v) is 10.8. The number of aromatic nitrogens is 1. The first-order valence-electron chi connectivity index (χ1n) is 5.51. The number of fused-ring (bicyclic) bond motifs is 1. The Bertz CT molecular complexity index is 501. The molecule has 1 aliphatic heterocycles. The zero-order chi connectivity index (χ0) is 11.0. The summed E-state index contributed by atoms with van der Waals surface area (Å²) < 4.78 is 1.30. The Hall–Kier alpha value is -0.580. The maximum Gasteiger partial charge on any atom is 0.112 e. The molecule has 1 fully saturated rings. The minimum absolute atomic E-state index is 0.455. The number of hydrogen-bond acceptors (Lipinski definition) is 4. The van der Waals surface area contributed by atoms with Gasteiger partial charge in [-0.05, 0) is 24.6 Å². The second kappa shape index (κ2) is 4.35. The van der Waals surface area contributed by atoms with Crippen molar-refractivity contribution in [2.75, 3.05) is 18.1 Å². The third-order valence-electron chi connectivity index (χ3n) is 2.78. The lowest BCUT2D eigenvalue weighted by atomic mass is 10.2. The summed E-state index contributed by atoms with van der Waals surface area (Å²) in [6, 6.07) is 6.97. The van der Waals surface area contributed by atoms with Gasteiger partial charge in [-0.25, -0.2) is 4.98 Å². The number of benzene rings is 1. The summed E-state index contributed by atoms with van der Waals surface area (Å²) in [7, 11) is 0. The second-order valence-electron chi connectivity index (χ2n) is 4.10. The van der Waals surface area contributed by atoms with Crippen LogP contribution in [0.2, 0.25) is 0 Å².